The Labute approximate surface area is 355 Å². The highest BCUT2D eigenvalue weighted by Crippen LogP contribution is 2.45. The van der Waals surface area contributed by atoms with E-state index in [1.807, 2.05) is 0 Å². The summed E-state index contributed by atoms with van der Waals surface area (Å²) in [6.07, 6.45) is 6.63. The third-order valence-electron chi connectivity index (χ3n) is 12.5. The zero-order chi connectivity index (χ0) is 40.0. The number of fused-ring (bicyclic) bond motifs is 11. The third-order valence-corrected chi connectivity index (χ3v) is 13.7. The number of aryl methyl sites for hydroxylation is 1. The van der Waals surface area contributed by atoms with Crippen LogP contribution in [-0.4, -0.2) is 14.5 Å². The van der Waals surface area contributed by atoms with E-state index >= 15 is 0 Å². The summed E-state index contributed by atoms with van der Waals surface area (Å²) in [5.41, 5.74) is 16.4. The van der Waals surface area contributed by atoms with Gasteiger partial charge in [0.15, 0.2) is 11.4 Å². The summed E-state index contributed by atoms with van der Waals surface area (Å²) in [5, 5.41) is 5.76. The van der Waals surface area contributed by atoms with E-state index in [-0.39, 0.29) is 0 Å². The SMILES string of the molecule is C1=Cc2ccc3c(c2CC1)c1cc(-c2ccccc2)ccc1n3-c1cccc2c1oc1cccc(-c3nc(-c4ccc(-c5ccccc5)cc4)c4sc5ccccc5c4n3)c12. The lowest BCUT2D eigenvalue weighted by molar-refractivity contribution is 0.666. The minimum absolute atomic E-state index is 0.682. The van der Waals surface area contributed by atoms with E-state index in [2.05, 4.69) is 193 Å². The Hall–Kier alpha value is -7.60. The van der Waals surface area contributed by atoms with E-state index < -0.39 is 0 Å². The molecule has 5 heteroatoms. The Balaban J connectivity index is 1.04. The number of hydrogen-bond donors (Lipinski definition) is 0. The van der Waals surface area contributed by atoms with Gasteiger partial charge >= 0.3 is 0 Å². The highest BCUT2D eigenvalue weighted by molar-refractivity contribution is 7.26. The van der Waals surface area contributed by atoms with Crippen molar-refractivity contribution in [3.8, 4) is 50.6 Å². The highest BCUT2D eigenvalue weighted by Gasteiger charge is 2.24. The molecule has 0 fully saturated rings. The van der Waals surface area contributed by atoms with Crippen molar-refractivity contribution in [3.05, 3.63) is 193 Å². The highest BCUT2D eigenvalue weighted by atomic mass is 32.1. The predicted octanol–water partition coefficient (Wildman–Crippen LogP) is 15.5. The Morgan fingerprint density at radius 2 is 1.25 bits per heavy atom. The van der Waals surface area contributed by atoms with Crippen LogP contribution in [0.2, 0.25) is 0 Å². The lowest BCUT2D eigenvalue weighted by Gasteiger charge is -2.13. The molecule has 0 amide bonds. The Morgan fingerprint density at radius 1 is 0.541 bits per heavy atom. The monoisotopic (exact) mass is 797 g/mol. The molecule has 0 N–H and O–H groups in total. The first-order valence-corrected chi connectivity index (χ1v) is 21.7. The van der Waals surface area contributed by atoms with E-state index in [4.69, 9.17) is 14.4 Å². The molecule has 12 aromatic rings. The predicted molar refractivity (Wildman–Crippen MR) is 256 cm³/mol. The molecule has 13 rings (SSSR count). The van der Waals surface area contributed by atoms with Crippen LogP contribution in [0, 0.1) is 0 Å². The Kier molecular flexibility index (Phi) is 7.57. The first-order valence-electron chi connectivity index (χ1n) is 20.9. The first kappa shape index (κ1) is 34.3. The smallest absolute Gasteiger partial charge is 0.161 e. The number of rotatable bonds is 5. The number of furan rings is 1. The molecule has 4 aromatic heterocycles. The average molecular weight is 798 g/mol. The molecule has 0 atom stereocenters. The van der Waals surface area contributed by atoms with Crippen LogP contribution in [-0.2, 0) is 6.42 Å². The van der Waals surface area contributed by atoms with Crippen molar-refractivity contribution in [3.63, 3.8) is 0 Å². The minimum Gasteiger partial charge on any atom is -0.454 e. The van der Waals surface area contributed by atoms with E-state index in [0.29, 0.717) is 5.82 Å². The largest absolute Gasteiger partial charge is 0.454 e. The second-order valence-corrected chi connectivity index (χ2v) is 17.0. The van der Waals surface area contributed by atoms with Crippen LogP contribution in [0.4, 0.5) is 0 Å². The van der Waals surface area contributed by atoms with Gasteiger partial charge in [-0.05, 0) is 82.6 Å². The molecule has 61 heavy (non-hydrogen) atoms. The molecule has 286 valence electrons. The van der Waals surface area contributed by atoms with Gasteiger partial charge in [-0.2, -0.15) is 0 Å². The van der Waals surface area contributed by atoms with Crippen molar-refractivity contribution in [2.24, 2.45) is 0 Å². The number of allylic oxidation sites excluding steroid dienone is 1. The van der Waals surface area contributed by atoms with Crippen LogP contribution in [0.3, 0.4) is 0 Å². The Morgan fingerprint density at radius 3 is 2.10 bits per heavy atom. The molecule has 0 aliphatic heterocycles. The van der Waals surface area contributed by atoms with Crippen LogP contribution >= 0.6 is 11.3 Å². The van der Waals surface area contributed by atoms with E-state index in [9.17, 15) is 0 Å². The molecule has 0 saturated heterocycles. The molecule has 4 nitrogen and oxygen atoms in total. The topological polar surface area (TPSA) is 43.9 Å². The number of benzene rings is 8. The molecule has 1 aliphatic rings. The lowest BCUT2D eigenvalue weighted by atomic mass is 9.92. The summed E-state index contributed by atoms with van der Waals surface area (Å²) < 4.78 is 11.7. The summed E-state index contributed by atoms with van der Waals surface area (Å²) in [4.78, 5) is 10.8. The van der Waals surface area contributed by atoms with Gasteiger partial charge in [-0.1, -0.05) is 152 Å². The number of para-hydroxylation sites is 1. The zero-order valence-corrected chi connectivity index (χ0v) is 33.8. The number of nitrogens with zero attached hydrogens (tertiary/aromatic N) is 3. The van der Waals surface area contributed by atoms with Crippen LogP contribution in [0.25, 0.3) is 121 Å². The van der Waals surface area contributed by atoms with Crippen molar-refractivity contribution in [2.45, 2.75) is 12.8 Å². The van der Waals surface area contributed by atoms with E-state index in [1.54, 1.807) is 11.3 Å². The maximum absolute atomic E-state index is 7.00. The summed E-state index contributed by atoms with van der Waals surface area (Å²) in [6.45, 7) is 0. The molecule has 0 spiro atoms. The zero-order valence-electron chi connectivity index (χ0n) is 33.0. The van der Waals surface area contributed by atoms with Gasteiger partial charge in [-0.3, -0.25) is 0 Å². The second kappa shape index (κ2) is 13.5. The van der Waals surface area contributed by atoms with Gasteiger partial charge in [0.25, 0.3) is 0 Å². The van der Waals surface area contributed by atoms with Crippen LogP contribution in [0.15, 0.2) is 186 Å². The number of thiophene rings is 1. The number of hydrogen-bond acceptors (Lipinski definition) is 4. The van der Waals surface area contributed by atoms with E-state index in [0.717, 1.165) is 78.4 Å². The van der Waals surface area contributed by atoms with Gasteiger partial charge in [-0.25, -0.2) is 9.97 Å². The normalized spacial score (nSPS) is 12.7. The van der Waals surface area contributed by atoms with Crippen molar-refractivity contribution in [1.82, 2.24) is 14.5 Å². The maximum Gasteiger partial charge on any atom is 0.161 e. The van der Waals surface area contributed by atoms with Gasteiger partial charge in [0.1, 0.15) is 5.58 Å². The molecule has 1 aliphatic carbocycles. The molecule has 8 aromatic carbocycles. The summed E-state index contributed by atoms with van der Waals surface area (Å²) in [6, 6.07) is 62.9. The van der Waals surface area contributed by atoms with E-state index in [1.165, 1.54) is 54.4 Å². The molecule has 0 unspecified atom stereocenters. The second-order valence-electron chi connectivity index (χ2n) is 16.0. The molecule has 0 saturated carbocycles. The fourth-order valence-electron chi connectivity index (χ4n) is 9.69. The maximum atomic E-state index is 7.00. The fourth-order valence-corrected chi connectivity index (χ4v) is 10.8. The van der Waals surface area contributed by atoms with Gasteiger partial charge in [0.2, 0.25) is 0 Å². The first-order chi connectivity index (χ1) is 30.2. The standard InChI is InChI=1S/C56H35N3OS/c1-3-13-34(14-4-1)36-25-27-38(28-26-36)52-55-53(41-19-9-10-24-49(41)61-55)58-56(57-52)43-21-12-23-48-51(43)42-20-11-22-47(54(42)60-48)59-45-31-30-39(35-15-5-2-6-16-35)33-44(45)50-40-18-8-7-17-37(40)29-32-46(50)59/h1-7,9-17,19-33H,8,18H2. The molecule has 0 bridgehead atoms. The van der Waals surface area contributed by atoms with Crippen LogP contribution < -0.4 is 0 Å². The molecular formula is C56H35N3OS. The van der Waals surface area contributed by atoms with Crippen LogP contribution in [0.5, 0.6) is 0 Å². The van der Waals surface area contributed by atoms with Gasteiger partial charge in [0.05, 0.1) is 32.6 Å². The summed E-state index contributed by atoms with van der Waals surface area (Å²) >= 11 is 1.76. The Bertz CT molecular complexity index is 3740. The van der Waals surface area contributed by atoms with Gasteiger partial charge < -0.3 is 8.98 Å². The molecule has 0 radical (unpaired) electrons. The molecular weight excluding hydrogens is 763 g/mol. The van der Waals surface area contributed by atoms with Crippen molar-refractivity contribution >= 4 is 81.5 Å². The van der Waals surface area contributed by atoms with Gasteiger partial charge in [0, 0.05) is 42.8 Å². The van der Waals surface area contributed by atoms with Gasteiger partial charge in [-0.15, -0.1) is 11.3 Å². The van der Waals surface area contributed by atoms with Crippen LogP contribution in [0.1, 0.15) is 17.5 Å². The van der Waals surface area contributed by atoms with Crippen molar-refractivity contribution in [1.29, 1.82) is 0 Å². The van der Waals surface area contributed by atoms with Crippen molar-refractivity contribution < 1.29 is 4.42 Å². The average Bonchev–Trinajstić information content (AvgIpc) is 4.01. The lowest BCUT2D eigenvalue weighted by Crippen LogP contribution is -1.97. The van der Waals surface area contributed by atoms with Crippen molar-refractivity contribution in [2.75, 3.05) is 0 Å². The third kappa shape index (κ3) is 5.30. The minimum atomic E-state index is 0.682. The molecule has 4 heterocycles. The quantitative estimate of drug-likeness (QED) is 0.174. The fraction of sp³-hybridized carbons (Fsp3) is 0.0357. The summed E-state index contributed by atoms with van der Waals surface area (Å²) in [5.74, 6) is 0.682. The summed E-state index contributed by atoms with van der Waals surface area (Å²) in [7, 11) is 0. The number of aromatic nitrogens is 3.